The van der Waals surface area contributed by atoms with Gasteiger partial charge in [-0.05, 0) is 52.4 Å². The van der Waals surface area contributed by atoms with E-state index in [0.29, 0.717) is 4.77 Å². The molecule has 19 heavy (non-hydrogen) atoms. The summed E-state index contributed by atoms with van der Waals surface area (Å²) in [5.74, 6) is 0.808. The molecule has 0 saturated heterocycles. The van der Waals surface area contributed by atoms with E-state index in [1.54, 1.807) is 7.11 Å². The summed E-state index contributed by atoms with van der Waals surface area (Å²) in [6.07, 6.45) is 0. The lowest BCUT2D eigenvalue weighted by Crippen LogP contribution is -1.95. The number of para-hydroxylation sites is 1. The van der Waals surface area contributed by atoms with Gasteiger partial charge in [-0.15, -0.1) is 0 Å². The number of nitrogens with zero attached hydrogens (tertiary/aromatic N) is 1. The number of ether oxygens (including phenoxy) is 1. The molecule has 3 rings (SSSR count). The minimum atomic E-state index is 0.662. The molecule has 0 spiro atoms. The Morgan fingerprint density at radius 2 is 2.00 bits per heavy atom. The Morgan fingerprint density at radius 1 is 1.21 bits per heavy atom. The van der Waals surface area contributed by atoms with Crippen LogP contribution in [0.15, 0.2) is 46.9 Å². The summed E-state index contributed by atoms with van der Waals surface area (Å²) in [5, 5.41) is 0. The number of fused-ring (bicyclic) bond motifs is 1. The van der Waals surface area contributed by atoms with Crippen LogP contribution in [0.25, 0.3) is 16.7 Å². The molecule has 0 amide bonds. The quantitative estimate of drug-likeness (QED) is 0.701. The lowest BCUT2D eigenvalue weighted by molar-refractivity contribution is 0.415. The molecule has 3 nitrogen and oxygen atoms in total. The average molecular weight is 335 g/mol. The molecule has 3 aromatic rings. The average Bonchev–Trinajstić information content (AvgIpc) is 2.74. The van der Waals surface area contributed by atoms with E-state index in [9.17, 15) is 0 Å². The van der Waals surface area contributed by atoms with Crippen LogP contribution in [-0.4, -0.2) is 16.7 Å². The van der Waals surface area contributed by atoms with Crippen molar-refractivity contribution in [1.82, 2.24) is 9.55 Å². The van der Waals surface area contributed by atoms with Crippen molar-refractivity contribution >= 4 is 39.2 Å². The van der Waals surface area contributed by atoms with Crippen molar-refractivity contribution in [3.8, 4) is 11.4 Å². The maximum Gasteiger partial charge on any atom is 0.182 e. The zero-order chi connectivity index (χ0) is 13.4. The van der Waals surface area contributed by atoms with Crippen LogP contribution >= 0.6 is 28.1 Å². The van der Waals surface area contributed by atoms with Crippen molar-refractivity contribution in [2.75, 3.05) is 7.11 Å². The van der Waals surface area contributed by atoms with Crippen molar-refractivity contribution in [2.24, 2.45) is 0 Å². The molecule has 2 aromatic carbocycles. The van der Waals surface area contributed by atoms with Crippen LogP contribution in [0, 0.1) is 4.77 Å². The summed E-state index contributed by atoms with van der Waals surface area (Å²) in [4.78, 5) is 3.21. The number of halogens is 1. The monoisotopic (exact) mass is 334 g/mol. The molecule has 0 unspecified atom stereocenters. The molecule has 5 heteroatoms. The zero-order valence-corrected chi connectivity index (χ0v) is 12.6. The molecule has 0 atom stereocenters. The maximum atomic E-state index is 5.42. The second-order valence-corrected chi connectivity index (χ2v) is 5.34. The van der Waals surface area contributed by atoms with E-state index in [2.05, 4.69) is 20.9 Å². The molecule has 0 fully saturated rings. The normalized spacial score (nSPS) is 10.8. The Bertz CT molecular complexity index is 807. The first-order valence-electron chi connectivity index (χ1n) is 5.74. The lowest BCUT2D eigenvalue weighted by Gasteiger charge is -2.07. The fourth-order valence-corrected chi connectivity index (χ4v) is 2.85. The van der Waals surface area contributed by atoms with Gasteiger partial charge in [0.25, 0.3) is 0 Å². The first-order valence-corrected chi connectivity index (χ1v) is 6.94. The predicted octanol–water partition coefficient (Wildman–Crippen LogP) is 4.46. The van der Waals surface area contributed by atoms with Gasteiger partial charge in [0, 0.05) is 10.5 Å². The third-order valence-electron chi connectivity index (χ3n) is 2.98. The zero-order valence-electron chi connectivity index (χ0n) is 10.2. The van der Waals surface area contributed by atoms with Crippen LogP contribution in [0.4, 0.5) is 0 Å². The summed E-state index contributed by atoms with van der Waals surface area (Å²) in [6.45, 7) is 0. The smallest absolute Gasteiger partial charge is 0.182 e. The van der Waals surface area contributed by atoms with E-state index in [1.807, 2.05) is 47.0 Å². The van der Waals surface area contributed by atoms with Gasteiger partial charge in [-0.2, -0.15) is 0 Å². The SMILES string of the molecule is COc1ccc2[nH]c(=S)n(-c3ccccc3Br)c2c1. The molecular weight excluding hydrogens is 324 g/mol. The number of benzene rings is 2. The molecule has 1 heterocycles. The fraction of sp³-hybridized carbons (Fsp3) is 0.0714. The highest BCUT2D eigenvalue weighted by molar-refractivity contribution is 9.10. The molecule has 0 bridgehead atoms. The van der Waals surface area contributed by atoms with Crippen LogP contribution in [0.2, 0.25) is 0 Å². The number of methoxy groups -OCH3 is 1. The summed E-state index contributed by atoms with van der Waals surface area (Å²) in [6, 6.07) is 13.8. The van der Waals surface area contributed by atoms with Gasteiger partial charge >= 0.3 is 0 Å². The number of nitrogens with one attached hydrogen (secondary N) is 1. The van der Waals surface area contributed by atoms with Crippen LogP contribution in [0.3, 0.4) is 0 Å². The van der Waals surface area contributed by atoms with E-state index >= 15 is 0 Å². The Morgan fingerprint density at radius 3 is 2.74 bits per heavy atom. The maximum absolute atomic E-state index is 5.42. The van der Waals surface area contributed by atoms with Gasteiger partial charge in [0.05, 0.1) is 23.8 Å². The summed E-state index contributed by atoms with van der Waals surface area (Å²) in [7, 11) is 1.66. The number of aromatic amines is 1. The highest BCUT2D eigenvalue weighted by Gasteiger charge is 2.09. The van der Waals surface area contributed by atoms with E-state index < -0.39 is 0 Å². The number of aromatic nitrogens is 2. The Kier molecular flexibility index (Phi) is 3.16. The number of hydrogen-bond donors (Lipinski definition) is 1. The molecule has 96 valence electrons. The van der Waals surface area contributed by atoms with Crippen LogP contribution in [0.5, 0.6) is 5.75 Å². The fourth-order valence-electron chi connectivity index (χ4n) is 2.08. The van der Waals surface area contributed by atoms with E-state index in [4.69, 9.17) is 17.0 Å². The van der Waals surface area contributed by atoms with Crippen LogP contribution in [-0.2, 0) is 0 Å². The second-order valence-electron chi connectivity index (χ2n) is 4.10. The third-order valence-corrected chi connectivity index (χ3v) is 3.94. The molecule has 0 aliphatic rings. The van der Waals surface area contributed by atoms with Crippen molar-refractivity contribution in [3.05, 3.63) is 51.7 Å². The van der Waals surface area contributed by atoms with Crippen molar-refractivity contribution in [1.29, 1.82) is 0 Å². The van der Waals surface area contributed by atoms with Gasteiger partial charge in [-0.3, -0.25) is 4.57 Å². The largest absolute Gasteiger partial charge is 0.497 e. The number of rotatable bonds is 2. The predicted molar refractivity (Wildman–Crippen MR) is 82.7 cm³/mol. The highest BCUT2D eigenvalue weighted by atomic mass is 79.9. The van der Waals surface area contributed by atoms with Gasteiger partial charge in [0.15, 0.2) is 4.77 Å². The van der Waals surface area contributed by atoms with E-state index in [0.717, 1.165) is 26.9 Å². The third kappa shape index (κ3) is 2.09. The first kappa shape index (κ1) is 12.4. The van der Waals surface area contributed by atoms with Gasteiger partial charge in [0.1, 0.15) is 5.75 Å². The number of hydrogen-bond acceptors (Lipinski definition) is 2. The van der Waals surface area contributed by atoms with Gasteiger partial charge in [-0.25, -0.2) is 0 Å². The van der Waals surface area contributed by atoms with Gasteiger partial charge < -0.3 is 9.72 Å². The molecule has 0 radical (unpaired) electrons. The van der Waals surface area contributed by atoms with Crippen molar-refractivity contribution in [2.45, 2.75) is 0 Å². The Balaban J connectivity index is 2.37. The molecule has 0 aliphatic carbocycles. The Labute approximate surface area is 124 Å². The molecular formula is C14H11BrN2OS. The number of H-pyrrole nitrogens is 1. The summed E-state index contributed by atoms with van der Waals surface area (Å²) in [5.41, 5.74) is 2.99. The Hall–Kier alpha value is -1.59. The van der Waals surface area contributed by atoms with E-state index in [1.165, 1.54) is 0 Å². The number of imidazole rings is 1. The molecule has 1 aromatic heterocycles. The lowest BCUT2D eigenvalue weighted by atomic mass is 10.2. The van der Waals surface area contributed by atoms with Gasteiger partial charge in [0.2, 0.25) is 0 Å². The molecule has 0 saturated carbocycles. The van der Waals surface area contributed by atoms with Crippen LogP contribution < -0.4 is 4.74 Å². The first-order chi connectivity index (χ1) is 9.20. The second kappa shape index (κ2) is 4.83. The van der Waals surface area contributed by atoms with Gasteiger partial charge in [-0.1, -0.05) is 12.1 Å². The molecule has 0 aliphatic heterocycles. The minimum absolute atomic E-state index is 0.662. The van der Waals surface area contributed by atoms with Crippen LogP contribution in [0.1, 0.15) is 0 Å². The van der Waals surface area contributed by atoms with Crippen molar-refractivity contribution < 1.29 is 4.74 Å². The highest BCUT2D eigenvalue weighted by Crippen LogP contribution is 2.27. The van der Waals surface area contributed by atoms with Crippen molar-refractivity contribution in [3.63, 3.8) is 0 Å². The topological polar surface area (TPSA) is 29.9 Å². The standard InChI is InChI=1S/C14H11BrN2OS/c1-18-9-6-7-11-13(8-9)17(14(19)16-11)12-5-3-2-4-10(12)15/h2-8H,1H3,(H,16,19). The van der Waals surface area contributed by atoms with E-state index in [-0.39, 0.29) is 0 Å². The minimum Gasteiger partial charge on any atom is -0.497 e. The molecule has 1 N–H and O–H groups in total. The summed E-state index contributed by atoms with van der Waals surface area (Å²) < 4.78 is 8.93. The summed E-state index contributed by atoms with van der Waals surface area (Å²) >= 11 is 8.98.